The number of sulfonamides is 1. The Balaban J connectivity index is 1.46. The van der Waals surface area contributed by atoms with Gasteiger partial charge in [0.15, 0.2) is 5.13 Å². The largest absolute Gasteiger partial charge is 0.467 e. The SMILES string of the molecule is Cc1cc(C)c2nc(N(Cc3ccco3)C(=O)c3ccc(S(=O)(=O)N4CC(C)OC(C)C4)cc3)sc2c1. The minimum atomic E-state index is -3.71. The number of rotatable bonds is 6. The van der Waals surface area contributed by atoms with Crippen molar-refractivity contribution in [1.29, 1.82) is 0 Å². The first-order valence-electron chi connectivity index (χ1n) is 12.1. The van der Waals surface area contributed by atoms with E-state index >= 15 is 0 Å². The molecule has 10 heteroatoms. The Morgan fingerprint density at radius 2 is 1.81 bits per heavy atom. The minimum Gasteiger partial charge on any atom is -0.467 e. The van der Waals surface area contributed by atoms with Crippen molar-refractivity contribution in [2.24, 2.45) is 0 Å². The molecule has 1 amide bonds. The van der Waals surface area contributed by atoms with Gasteiger partial charge < -0.3 is 9.15 Å². The number of thiazole rings is 1. The molecule has 0 radical (unpaired) electrons. The maximum absolute atomic E-state index is 13.7. The summed E-state index contributed by atoms with van der Waals surface area (Å²) in [4.78, 5) is 20.2. The number of aromatic nitrogens is 1. The van der Waals surface area contributed by atoms with Crippen LogP contribution in [0.15, 0.2) is 64.1 Å². The van der Waals surface area contributed by atoms with Crippen molar-refractivity contribution in [3.8, 4) is 0 Å². The number of furan rings is 1. The van der Waals surface area contributed by atoms with Crippen LogP contribution in [-0.4, -0.2) is 48.9 Å². The highest BCUT2D eigenvalue weighted by Gasteiger charge is 2.32. The predicted molar refractivity (Wildman–Crippen MR) is 144 cm³/mol. The Kier molecular flexibility index (Phi) is 6.93. The summed E-state index contributed by atoms with van der Waals surface area (Å²) in [5, 5.41) is 0.554. The van der Waals surface area contributed by atoms with Crippen molar-refractivity contribution >= 4 is 42.6 Å². The van der Waals surface area contributed by atoms with Gasteiger partial charge in [-0.25, -0.2) is 13.4 Å². The van der Waals surface area contributed by atoms with Gasteiger partial charge in [0.25, 0.3) is 5.91 Å². The van der Waals surface area contributed by atoms with Gasteiger partial charge in [-0.05, 0) is 81.3 Å². The average Bonchev–Trinajstić information content (AvgIpc) is 3.51. The van der Waals surface area contributed by atoms with Gasteiger partial charge in [0.1, 0.15) is 5.76 Å². The zero-order valence-corrected chi connectivity index (χ0v) is 22.8. The summed E-state index contributed by atoms with van der Waals surface area (Å²) in [7, 11) is -3.71. The Bertz CT molecular complexity index is 1520. The van der Waals surface area contributed by atoms with Crippen molar-refractivity contribution in [1.82, 2.24) is 9.29 Å². The number of morpholine rings is 1. The van der Waals surface area contributed by atoms with Crippen LogP contribution >= 0.6 is 11.3 Å². The summed E-state index contributed by atoms with van der Waals surface area (Å²) in [6.45, 7) is 8.55. The minimum absolute atomic E-state index is 0.147. The molecule has 3 heterocycles. The molecule has 1 fully saturated rings. The van der Waals surface area contributed by atoms with E-state index in [1.807, 2.05) is 33.8 Å². The van der Waals surface area contributed by atoms with E-state index in [0.717, 1.165) is 21.3 Å². The quantitative estimate of drug-likeness (QED) is 0.336. The second-order valence-corrected chi connectivity index (χ2v) is 12.4. The van der Waals surface area contributed by atoms with Gasteiger partial charge in [-0.1, -0.05) is 17.4 Å². The van der Waals surface area contributed by atoms with E-state index < -0.39 is 10.0 Å². The Morgan fingerprint density at radius 3 is 2.46 bits per heavy atom. The van der Waals surface area contributed by atoms with Crippen LogP contribution in [0.2, 0.25) is 0 Å². The number of fused-ring (bicyclic) bond motifs is 1. The number of carbonyl (C=O) groups is 1. The lowest BCUT2D eigenvalue weighted by atomic mass is 10.1. The molecule has 194 valence electrons. The third-order valence-corrected chi connectivity index (χ3v) is 9.19. The standard InChI is InChI=1S/C27H29N3O5S2/c1-17-12-18(2)25-24(13-17)36-27(28-25)30(16-22-6-5-11-34-22)26(31)21-7-9-23(10-8-21)37(32,33)29-14-19(3)35-20(4)15-29/h5-13,19-20H,14-16H2,1-4H3. The molecule has 2 atom stereocenters. The van der Waals surface area contributed by atoms with Crippen LogP contribution in [-0.2, 0) is 21.3 Å². The maximum Gasteiger partial charge on any atom is 0.260 e. The summed E-state index contributed by atoms with van der Waals surface area (Å²) in [5.74, 6) is 0.331. The molecular weight excluding hydrogens is 510 g/mol. The first kappa shape index (κ1) is 25.6. The van der Waals surface area contributed by atoms with E-state index in [1.165, 1.54) is 27.8 Å². The van der Waals surface area contributed by atoms with Crippen LogP contribution in [0.4, 0.5) is 5.13 Å². The van der Waals surface area contributed by atoms with E-state index in [-0.39, 0.29) is 29.6 Å². The van der Waals surface area contributed by atoms with E-state index in [0.29, 0.717) is 29.5 Å². The number of benzene rings is 2. The molecule has 0 bridgehead atoms. The second kappa shape index (κ2) is 10.0. The second-order valence-electron chi connectivity index (χ2n) is 9.50. The first-order chi connectivity index (χ1) is 17.6. The number of hydrogen-bond donors (Lipinski definition) is 0. The van der Waals surface area contributed by atoms with E-state index in [1.54, 1.807) is 29.4 Å². The highest BCUT2D eigenvalue weighted by molar-refractivity contribution is 7.89. The molecule has 0 N–H and O–H groups in total. The average molecular weight is 540 g/mol. The van der Waals surface area contributed by atoms with Gasteiger partial charge in [0.05, 0.1) is 40.1 Å². The lowest BCUT2D eigenvalue weighted by Crippen LogP contribution is -2.48. The van der Waals surface area contributed by atoms with Crippen molar-refractivity contribution < 1.29 is 22.4 Å². The highest BCUT2D eigenvalue weighted by Crippen LogP contribution is 2.33. The van der Waals surface area contributed by atoms with Crippen LogP contribution in [0.3, 0.4) is 0 Å². The van der Waals surface area contributed by atoms with E-state index in [9.17, 15) is 13.2 Å². The van der Waals surface area contributed by atoms with Gasteiger partial charge in [-0.2, -0.15) is 4.31 Å². The molecule has 2 unspecified atom stereocenters. The maximum atomic E-state index is 13.7. The van der Waals surface area contributed by atoms with Crippen LogP contribution in [0.25, 0.3) is 10.2 Å². The lowest BCUT2D eigenvalue weighted by Gasteiger charge is -2.34. The number of hydrogen-bond acceptors (Lipinski definition) is 7. The third kappa shape index (κ3) is 5.19. The summed E-state index contributed by atoms with van der Waals surface area (Å²) in [5.41, 5.74) is 3.40. The molecule has 37 heavy (non-hydrogen) atoms. The zero-order chi connectivity index (χ0) is 26.3. The van der Waals surface area contributed by atoms with Crippen LogP contribution < -0.4 is 4.90 Å². The molecule has 1 saturated heterocycles. The Morgan fingerprint density at radius 1 is 1.11 bits per heavy atom. The smallest absolute Gasteiger partial charge is 0.260 e. The molecule has 2 aromatic carbocycles. The molecule has 5 rings (SSSR count). The van der Waals surface area contributed by atoms with Crippen LogP contribution in [0.1, 0.15) is 41.1 Å². The molecule has 0 saturated carbocycles. The van der Waals surface area contributed by atoms with Crippen molar-refractivity contribution in [2.75, 3.05) is 18.0 Å². The molecule has 8 nitrogen and oxygen atoms in total. The lowest BCUT2D eigenvalue weighted by molar-refractivity contribution is -0.0440. The monoisotopic (exact) mass is 539 g/mol. The molecule has 0 spiro atoms. The predicted octanol–water partition coefficient (Wildman–Crippen LogP) is 5.15. The molecule has 2 aromatic heterocycles. The number of carbonyl (C=O) groups excluding carboxylic acids is 1. The number of amides is 1. The fourth-order valence-corrected chi connectivity index (χ4v) is 7.39. The molecular formula is C27H29N3O5S2. The van der Waals surface area contributed by atoms with Crippen LogP contribution in [0.5, 0.6) is 0 Å². The fraction of sp³-hybridized carbons (Fsp3) is 0.333. The molecule has 1 aliphatic rings. The van der Waals surface area contributed by atoms with Gasteiger partial charge in [0, 0.05) is 18.7 Å². The third-order valence-electron chi connectivity index (χ3n) is 6.31. The van der Waals surface area contributed by atoms with Gasteiger partial charge in [-0.15, -0.1) is 0 Å². The van der Waals surface area contributed by atoms with Gasteiger partial charge in [0.2, 0.25) is 10.0 Å². The summed E-state index contributed by atoms with van der Waals surface area (Å²) < 4.78 is 40.1. The Hall–Kier alpha value is -3.05. The number of aryl methyl sites for hydroxylation is 2. The van der Waals surface area contributed by atoms with E-state index in [2.05, 4.69) is 12.1 Å². The summed E-state index contributed by atoms with van der Waals surface area (Å²) >= 11 is 1.44. The first-order valence-corrected chi connectivity index (χ1v) is 14.3. The molecule has 0 aliphatic carbocycles. The van der Waals surface area contributed by atoms with Gasteiger partial charge in [-0.3, -0.25) is 9.69 Å². The Labute approximate surface area is 220 Å². The number of ether oxygens (including phenoxy) is 1. The van der Waals surface area contributed by atoms with Crippen molar-refractivity contribution in [3.05, 3.63) is 77.2 Å². The van der Waals surface area contributed by atoms with Gasteiger partial charge >= 0.3 is 0 Å². The summed E-state index contributed by atoms with van der Waals surface area (Å²) in [6, 6.07) is 13.8. The van der Waals surface area contributed by atoms with Crippen LogP contribution in [0, 0.1) is 13.8 Å². The van der Waals surface area contributed by atoms with Crippen molar-refractivity contribution in [2.45, 2.75) is 51.3 Å². The fourth-order valence-electron chi connectivity index (χ4n) is 4.66. The molecule has 1 aliphatic heterocycles. The zero-order valence-electron chi connectivity index (χ0n) is 21.2. The number of nitrogens with zero attached hydrogens (tertiary/aromatic N) is 3. The summed E-state index contributed by atoms with van der Waals surface area (Å²) in [6.07, 6.45) is 1.20. The topological polar surface area (TPSA) is 93.0 Å². The normalized spacial score (nSPS) is 18.8. The molecule has 4 aromatic rings. The van der Waals surface area contributed by atoms with E-state index in [4.69, 9.17) is 14.1 Å². The number of anilines is 1. The highest BCUT2D eigenvalue weighted by atomic mass is 32.2. The van der Waals surface area contributed by atoms with Crippen molar-refractivity contribution in [3.63, 3.8) is 0 Å².